The minimum absolute atomic E-state index is 0. The summed E-state index contributed by atoms with van der Waals surface area (Å²) in [7, 11) is -4.67. The summed E-state index contributed by atoms with van der Waals surface area (Å²) in [6.45, 7) is 0. The second-order valence-corrected chi connectivity index (χ2v) is 2.90. The summed E-state index contributed by atoms with van der Waals surface area (Å²) in [4.78, 5) is 0. The van der Waals surface area contributed by atoms with Crippen LogP contribution in [0.2, 0.25) is 0 Å². The standard InChI is InChI=1S/Fe.K.Mn.H2O4S.4O/c;;;1-5(2,3)4;;;;/h;;;(H2,1,2,3,4);;;;/q;+1;;;;;;-1. The molecule has 8 nitrogen and oxygen atoms in total. The maximum atomic E-state index is 8.74. The van der Waals surface area contributed by atoms with Crippen LogP contribution in [-0.2, 0) is 51.9 Å². The van der Waals surface area contributed by atoms with Gasteiger partial charge < -0.3 is 0 Å². The van der Waals surface area contributed by atoms with E-state index in [2.05, 4.69) is 0 Å². The molecule has 0 saturated carbocycles. The summed E-state index contributed by atoms with van der Waals surface area (Å²) in [5, 5.41) is 0. The molecule has 0 aliphatic rings. The van der Waals surface area contributed by atoms with Crippen molar-refractivity contribution in [2.75, 3.05) is 0 Å². The van der Waals surface area contributed by atoms with Gasteiger partial charge in [0.25, 0.3) is 0 Å². The van der Waals surface area contributed by atoms with E-state index < -0.39 is 23.4 Å². The predicted molar refractivity (Wildman–Crippen MR) is 16.2 cm³/mol. The molecule has 0 saturated heterocycles. The Labute approximate surface area is 123 Å². The monoisotopic (exact) mass is 312 g/mol. The Bertz CT molecular complexity index is 294. The summed E-state index contributed by atoms with van der Waals surface area (Å²) in [6.07, 6.45) is 0. The first-order valence-electron chi connectivity index (χ1n) is 1.32. The Morgan fingerprint density at radius 3 is 1.08 bits per heavy atom. The third-order valence-corrected chi connectivity index (χ3v) is 0. The molecule has 0 radical (unpaired) electrons. The van der Waals surface area contributed by atoms with Gasteiger partial charge in [-0.1, -0.05) is 0 Å². The van der Waals surface area contributed by atoms with Crippen LogP contribution in [-0.4, -0.2) is 17.5 Å². The van der Waals surface area contributed by atoms with Gasteiger partial charge in [-0.05, 0) is 0 Å². The van der Waals surface area contributed by atoms with Crippen molar-refractivity contribution < 1.29 is 115 Å². The van der Waals surface area contributed by atoms with Gasteiger partial charge in [-0.2, -0.15) is 8.42 Å². The zero-order valence-corrected chi connectivity index (χ0v) is 11.7. The molecule has 0 heterocycles. The Kier molecular flexibility index (Phi) is 18.6. The SMILES string of the molecule is O=S(=O)(O)O.[Fe].[K+].[O]=[Mn](=[O])(=[O])[O-]. The zero-order chi connectivity index (χ0) is 9.00. The van der Waals surface area contributed by atoms with E-state index in [4.69, 9.17) is 33.2 Å². The molecule has 0 atom stereocenters. The van der Waals surface area contributed by atoms with Crippen LogP contribution in [0, 0.1) is 0 Å². The Hall–Kier alpha value is 1.91. The van der Waals surface area contributed by atoms with Crippen LogP contribution in [0.4, 0.5) is 0 Å². The second kappa shape index (κ2) is 9.46. The first-order chi connectivity index (χ1) is 4.00. The van der Waals surface area contributed by atoms with Crippen molar-refractivity contribution in [1.82, 2.24) is 0 Å². The van der Waals surface area contributed by atoms with E-state index in [0.717, 1.165) is 0 Å². The van der Waals surface area contributed by atoms with Crippen LogP contribution < -0.4 is 55.6 Å². The molecule has 0 fully saturated rings. The topological polar surface area (TPSA) is 149 Å². The van der Waals surface area contributed by atoms with E-state index in [1.54, 1.807) is 0 Å². The first kappa shape index (κ1) is 23.6. The van der Waals surface area contributed by atoms with Crippen molar-refractivity contribution in [2.24, 2.45) is 0 Å². The van der Waals surface area contributed by atoms with Crippen LogP contribution in [0.25, 0.3) is 0 Å². The number of rotatable bonds is 0. The van der Waals surface area contributed by atoms with Gasteiger partial charge in [0.2, 0.25) is 0 Å². The number of hydrogen-bond acceptors (Lipinski definition) is 6. The van der Waals surface area contributed by atoms with E-state index in [9.17, 15) is 0 Å². The van der Waals surface area contributed by atoms with Crippen molar-refractivity contribution in [3.63, 3.8) is 0 Å². The minimum atomic E-state index is -5.62. The van der Waals surface area contributed by atoms with Gasteiger partial charge in [-0.3, -0.25) is 9.11 Å². The molecule has 0 aromatic carbocycles. The van der Waals surface area contributed by atoms with Crippen molar-refractivity contribution in [1.29, 1.82) is 0 Å². The molecule has 0 aromatic heterocycles. The van der Waals surface area contributed by atoms with E-state index in [1.165, 1.54) is 0 Å². The Morgan fingerprint density at radius 2 is 1.08 bits per heavy atom. The van der Waals surface area contributed by atoms with Gasteiger partial charge in [0, 0.05) is 17.1 Å². The van der Waals surface area contributed by atoms with Gasteiger partial charge in [0.1, 0.15) is 0 Å². The Morgan fingerprint density at radius 1 is 1.08 bits per heavy atom. The number of hydrogen-bond donors (Lipinski definition) is 2. The van der Waals surface area contributed by atoms with Gasteiger partial charge in [-0.15, -0.1) is 0 Å². The van der Waals surface area contributed by atoms with Gasteiger partial charge in [0.15, 0.2) is 0 Å². The van der Waals surface area contributed by atoms with E-state index in [0.29, 0.717) is 0 Å². The summed E-state index contributed by atoms with van der Waals surface area (Å²) >= 11 is -5.62. The van der Waals surface area contributed by atoms with Gasteiger partial charge in [-0.25, -0.2) is 0 Å². The molecule has 0 aliphatic carbocycles. The molecular weight excluding hydrogens is 310 g/mol. The predicted octanol–water partition coefficient (Wildman–Crippen LogP) is -5.20. The fourth-order valence-electron chi connectivity index (χ4n) is 0. The second-order valence-electron chi connectivity index (χ2n) is 0.826. The fraction of sp³-hybridized carbons (Fsp3) is 0. The molecule has 0 rings (SSSR count). The van der Waals surface area contributed by atoms with Crippen LogP contribution in [0.15, 0.2) is 0 Å². The summed E-state index contributed by atoms with van der Waals surface area (Å²) in [5.74, 6) is 0. The van der Waals surface area contributed by atoms with Crippen LogP contribution in [0.5, 0.6) is 0 Å². The van der Waals surface area contributed by atoms with Crippen molar-refractivity contribution in [3.8, 4) is 0 Å². The van der Waals surface area contributed by atoms with Gasteiger partial charge in [0.05, 0.1) is 0 Å². The molecule has 0 aromatic rings. The molecule has 12 heavy (non-hydrogen) atoms. The molecule has 0 aliphatic heterocycles. The molecule has 0 unspecified atom stereocenters. The van der Waals surface area contributed by atoms with Crippen LogP contribution in [0.1, 0.15) is 0 Å². The molecule has 72 valence electrons. The van der Waals surface area contributed by atoms with Gasteiger partial charge >= 0.3 is 90.4 Å². The quantitative estimate of drug-likeness (QED) is 0.333. The molecule has 0 bridgehead atoms. The van der Waals surface area contributed by atoms with E-state index >= 15 is 0 Å². The van der Waals surface area contributed by atoms with Crippen LogP contribution >= 0.6 is 0 Å². The average Bonchev–Trinajstić information content (AvgIpc) is 1.12. The summed E-state index contributed by atoms with van der Waals surface area (Å²) in [5.41, 5.74) is 0. The third-order valence-electron chi connectivity index (χ3n) is 0. The van der Waals surface area contributed by atoms with E-state index in [-0.39, 0.29) is 68.5 Å². The molecule has 2 N–H and O–H groups in total. The Balaban J connectivity index is -0.0000000457. The van der Waals surface area contributed by atoms with Crippen molar-refractivity contribution in [3.05, 3.63) is 0 Å². The molecule has 0 spiro atoms. The summed E-state index contributed by atoms with van der Waals surface area (Å²) < 4.78 is 65.9. The zero-order valence-electron chi connectivity index (χ0n) is 5.48. The normalized spacial score (nSPS) is 9.58. The maximum absolute atomic E-state index is 8.74. The molecular formula is H2FeKMnO8S. The average molecular weight is 312 g/mol. The van der Waals surface area contributed by atoms with Crippen LogP contribution in [0.3, 0.4) is 0 Å². The molecule has 12 heteroatoms. The first-order valence-corrected chi connectivity index (χ1v) is 4.64. The third kappa shape index (κ3) is 390. The summed E-state index contributed by atoms with van der Waals surface area (Å²) in [6, 6.07) is 0. The van der Waals surface area contributed by atoms with Crippen molar-refractivity contribution >= 4 is 10.4 Å². The van der Waals surface area contributed by atoms with E-state index in [1.807, 2.05) is 0 Å². The molecule has 0 amide bonds. The fourth-order valence-corrected chi connectivity index (χ4v) is 0. The van der Waals surface area contributed by atoms with Crippen molar-refractivity contribution in [2.45, 2.75) is 0 Å².